The Balaban J connectivity index is 3.20. The van der Waals surface area contributed by atoms with Gasteiger partial charge in [-0.05, 0) is 31.6 Å². The topological polar surface area (TPSA) is 17.1 Å². The van der Waals surface area contributed by atoms with Crippen LogP contribution in [0.25, 0.3) is 0 Å². The van der Waals surface area contributed by atoms with Crippen LogP contribution in [0.5, 0.6) is 0 Å². The van der Waals surface area contributed by atoms with E-state index in [4.69, 9.17) is 0 Å². The van der Waals surface area contributed by atoms with E-state index in [1.807, 2.05) is 6.29 Å². The van der Waals surface area contributed by atoms with Crippen molar-refractivity contribution in [3.63, 3.8) is 0 Å². The third kappa shape index (κ3) is 9.32. The van der Waals surface area contributed by atoms with Crippen molar-refractivity contribution in [3.8, 4) is 0 Å². The molecule has 0 aromatic carbocycles. The Morgan fingerprint density at radius 3 is 2.69 bits per heavy atom. The van der Waals surface area contributed by atoms with E-state index in [0.29, 0.717) is 12.3 Å². The van der Waals surface area contributed by atoms with Gasteiger partial charge >= 0.3 is 0 Å². The lowest BCUT2D eigenvalue weighted by molar-refractivity contribution is 0.474. The van der Waals surface area contributed by atoms with Crippen molar-refractivity contribution in [1.29, 1.82) is 0 Å². The van der Waals surface area contributed by atoms with Crippen molar-refractivity contribution in [3.05, 3.63) is 12.2 Å². The van der Waals surface area contributed by atoms with E-state index in [0.717, 1.165) is 12.8 Å². The third-order valence-corrected chi connectivity index (χ3v) is 2.21. The normalized spacial score (nSPS) is 13.4. The van der Waals surface area contributed by atoms with Gasteiger partial charge in [0.25, 0.3) is 0 Å². The average molecular weight is 181 g/mol. The van der Waals surface area contributed by atoms with E-state index in [9.17, 15) is 4.79 Å². The molecule has 0 rings (SSSR count). The van der Waals surface area contributed by atoms with Crippen LogP contribution in [0.2, 0.25) is 0 Å². The van der Waals surface area contributed by atoms with Gasteiger partial charge in [0, 0.05) is 6.42 Å². The van der Waals surface area contributed by atoms with E-state index in [1.54, 1.807) is 0 Å². The summed E-state index contributed by atoms with van der Waals surface area (Å²) < 4.78 is 0. The molecule has 1 nitrogen and oxygen atoms in total. The highest BCUT2D eigenvalue weighted by Gasteiger charge is 2.00. The Hall–Kier alpha value is -0.590. The molecule has 1 atom stereocenters. The fraction of sp³-hybridized carbons (Fsp3) is 0.750. The molecule has 0 saturated carbocycles. The smallest absolute Gasteiger partial charge is 0.198 e. The molecule has 0 aliphatic heterocycles. The molecule has 75 valence electrons. The molecular weight excluding hydrogens is 160 g/mol. The second-order valence-electron chi connectivity index (χ2n) is 3.60. The molecule has 0 spiro atoms. The molecule has 0 bridgehead atoms. The first-order chi connectivity index (χ1) is 6.31. The van der Waals surface area contributed by atoms with Crippen LogP contribution in [0.15, 0.2) is 12.2 Å². The Kier molecular flexibility index (Phi) is 9.07. The summed E-state index contributed by atoms with van der Waals surface area (Å²) in [4.78, 5) is 9.99. The first kappa shape index (κ1) is 12.4. The molecule has 0 amide bonds. The van der Waals surface area contributed by atoms with Crippen LogP contribution in [0.3, 0.4) is 0 Å². The first-order valence-corrected chi connectivity index (χ1v) is 5.31. The van der Waals surface area contributed by atoms with Gasteiger partial charge in [0.2, 0.25) is 0 Å². The second-order valence-corrected chi connectivity index (χ2v) is 3.60. The lowest BCUT2D eigenvalue weighted by atomic mass is 9.99. The Morgan fingerprint density at radius 2 is 2.08 bits per heavy atom. The van der Waals surface area contributed by atoms with Gasteiger partial charge in [-0.3, -0.25) is 4.79 Å². The first-order valence-electron chi connectivity index (χ1n) is 5.31. The summed E-state index contributed by atoms with van der Waals surface area (Å²) in [6.07, 6.45) is 12.8. The number of unbranched alkanes of at least 4 members (excludes halogenated alkanes) is 1. The largest absolute Gasteiger partial charge is 0.291 e. The van der Waals surface area contributed by atoms with Crippen LogP contribution in [-0.4, -0.2) is 6.29 Å². The van der Waals surface area contributed by atoms with Crippen molar-refractivity contribution in [2.24, 2.45) is 5.92 Å². The number of hydrogen-bond donors (Lipinski definition) is 0. The van der Waals surface area contributed by atoms with Gasteiger partial charge in [-0.1, -0.05) is 32.4 Å². The summed E-state index contributed by atoms with van der Waals surface area (Å²) in [6.45, 7) is 4.36. The fourth-order valence-corrected chi connectivity index (χ4v) is 1.32. The average Bonchev–Trinajstić information content (AvgIpc) is 2.14. The molecule has 0 aromatic heterocycles. The Morgan fingerprint density at radius 1 is 1.31 bits per heavy atom. The van der Waals surface area contributed by atoms with E-state index < -0.39 is 0 Å². The molecule has 0 fully saturated rings. The minimum Gasteiger partial charge on any atom is -0.291 e. The zero-order chi connectivity index (χ0) is 9.94. The minimum atomic E-state index is 0.603. The van der Waals surface area contributed by atoms with Crippen LogP contribution in [0.4, 0.5) is 0 Å². The molecule has 1 radical (unpaired) electrons. The number of allylic oxidation sites excluding steroid dienone is 2. The molecule has 0 aliphatic rings. The summed E-state index contributed by atoms with van der Waals surface area (Å²) in [6, 6.07) is 0. The molecule has 0 saturated heterocycles. The standard InChI is InChI=1S/C12H21O/c1-3-4-5-6-7-9-12(2)10-8-11-13/h4-5,12H,3,6-10H2,1-2H3/b5-4+. The van der Waals surface area contributed by atoms with Crippen LogP contribution in [0, 0.1) is 5.92 Å². The van der Waals surface area contributed by atoms with Gasteiger partial charge in [0.05, 0.1) is 0 Å². The Labute approximate surface area is 82.2 Å². The zero-order valence-corrected chi connectivity index (χ0v) is 8.88. The lowest BCUT2D eigenvalue weighted by Crippen LogP contribution is -1.94. The van der Waals surface area contributed by atoms with Gasteiger partial charge in [-0.25, -0.2) is 0 Å². The SMILES string of the molecule is CC/C=C/CCCC(C)CC[C]=O. The van der Waals surface area contributed by atoms with Crippen LogP contribution in [-0.2, 0) is 4.79 Å². The van der Waals surface area contributed by atoms with Gasteiger partial charge in [0.15, 0.2) is 6.29 Å². The molecule has 1 heteroatoms. The second kappa shape index (κ2) is 9.50. The quantitative estimate of drug-likeness (QED) is 0.412. The highest BCUT2D eigenvalue weighted by Crippen LogP contribution is 2.13. The lowest BCUT2D eigenvalue weighted by Gasteiger charge is -2.06. The summed E-state index contributed by atoms with van der Waals surface area (Å²) in [7, 11) is 0. The predicted molar refractivity (Wildman–Crippen MR) is 57.4 cm³/mol. The van der Waals surface area contributed by atoms with Crippen molar-refractivity contribution in [1.82, 2.24) is 0 Å². The summed E-state index contributed by atoms with van der Waals surface area (Å²) in [5, 5.41) is 0. The zero-order valence-electron chi connectivity index (χ0n) is 8.88. The highest BCUT2D eigenvalue weighted by molar-refractivity contribution is 5.50. The van der Waals surface area contributed by atoms with Crippen molar-refractivity contribution < 1.29 is 4.79 Å². The van der Waals surface area contributed by atoms with Crippen LogP contribution in [0.1, 0.15) is 52.4 Å². The fourth-order valence-electron chi connectivity index (χ4n) is 1.32. The van der Waals surface area contributed by atoms with Crippen molar-refractivity contribution in [2.75, 3.05) is 0 Å². The summed E-state index contributed by atoms with van der Waals surface area (Å²) in [5.74, 6) is 0.677. The number of hydrogen-bond acceptors (Lipinski definition) is 1. The molecule has 0 N–H and O–H groups in total. The predicted octanol–water partition coefficient (Wildman–Crippen LogP) is 3.65. The van der Waals surface area contributed by atoms with Gasteiger partial charge in [-0.2, -0.15) is 0 Å². The monoisotopic (exact) mass is 181 g/mol. The summed E-state index contributed by atoms with van der Waals surface area (Å²) in [5.41, 5.74) is 0. The maximum absolute atomic E-state index is 9.99. The minimum absolute atomic E-state index is 0.603. The van der Waals surface area contributed by atoms with Gasteiger partial charge in [-0.15, -0.1) is 0 Å². The number of carbonyl (C=O) groups excluding carboxylic acids is 1. The molecule has 13 heavy (non-hydrogen) atoms. The molecule has 1 unspecified atom stereocenters. The number of rotatable bonds is 8. The van der Waals surface area contributed by atoms with E-state index in [-0.39, 0.29) is 0 Å². The van der Waals surface area contributed by atoms with Crippen LogP contribution < -0.4 is 0 Å². The summed E-state index contributed by atoms with van der Waals surface area (Å²) >= 11 is 0. The van der Waals surface area contributed by atoms with Crippen molar-refractivity contribution in [2.45, 2.75) is 52.4 Å². The molecule has 0 aliphatic carbocycles. The highest BCUT2D eigenvalue weighted by atomic mass is 16.1. The van der Waals surface area contributed by atoms with Gasteiger partial charge < -0.3 is 0 Å². The van der Waals surface area contributed by atoms with E-state index in [1.165, 1.54) is 19.3 Å². The van der Waals surface area contributed by atoms with Gasteiger partial charge in [0.1, 0.15) is 0 Å². The van der Waals surface area contributed by atoms with Crippen molar-refractivity contribution >= 4 is 6.29 Å². The van der Waals surface area contributed by atoms with Crippen LogP contribution >= 0.6 is 0 Å². The maximum atomic E-state index is 9.99. The third-order valence-electron chi connectivity index (χ3n) is 2.21. The van der Waals surface area contributed by atoms with E-state index in [2.05, 4.69) is 26.0 Å². The Bertz CT molecular complexity index is 138. The van der Waals surface area contributed by atoms with E-state index >= 15 is 0 Å². The molecule has 0 heterocycles. The maximum Gasteiger partial charge on any atom is 0.198 e. The molecular formula is C12H21O. The molecule has 0 aromatic rings.